The molecule has 0 fully saturated rings. The van der Waals surface area contributed by atoms with Crippen LogP contribution >= 0.6 is 0 Å². The number of aromatic nitrogens is 1. The molecule has 0 bridgehead atoms. The second kappa shape index (κ2) is 7.64. The maximum atomic E-state index is 13.3. The largest absolute Gasteiger partial charge is 0.350 e. The molecule has 0 saturated carbocycles. The number of benzene rings is 2. The molecule has 144 valence electrons. The van der Waals surface area contributed by atoms with Gasteiger partial charge in [-0.2, -0.15) is 0 Å². The van der Waals surface area contributed by atoms with Gasteiger partial charge in [0.1, 0.15) is 11.5 Å². The van der Waals surface area contributed by atoms with Gasteiger partial charge in [0.15, 0.2) is 0 Å². The highest BCUT2D eigenvalue weighted by atomic mass is 19.1. The number of nitrogens with zero attached hydrogens (tertiary/aromatic N) is 1. The topological polar surface area (TPSA) is 84.2 Å². The number of carbonyl (C=O) groups is 2. The Kier molecular flexibility index (Phi) is 5.26. The standard InChI is InChI=1S/C21H20FN3O3/c1-21(2,3)20(27)24-16-9-7-15(8-10-16)23-19(26)18-12-17(25-28-18)13-5-4-6-14(22)11-13/h4-12H,1-3H3,(H,23,26)(H,24,27). The van der Waals surface area contributed by atoms with Crippen LogP contribution in [0.3, 0.4) is 0 Å². The molecule has 1 aromatic heterocycles. The second-order valence-corrected chi connectivity index (χ2v) is 7.32. The maximum Gasteiger partial charge on any atom is 0.294 e. The summed E-state index contributed by atoms with van der Waals surface area (Å²) in [7, 11) is 0. The Bertz CT molecular complexity index is 1000. The van der Waals surface area contributed by atoms with E-state index in [0.29, 0.717) is 22.6 Å². The fourth-order valence-corrected chi connectivity index (χ4v) is 2.31. The van der Waals surface area contributed by atoms with E-state index in [9.17, 15) is 14.0 Å². The van der Waals surface area contributed by atoms with Crippen molar-refractivity contribution in [1.29, 1.82) is 0 Å². The highest BCUT2D eigenvalue weighted by Crippen LogP contribution is 2.22. The van der Waals surface area contributed by atoms with E-state index in [1.807, 2.05) is 20.8 Å². The SMILES string of the molecule is CC(C)(C)C(=O)Nc1ccc(NC(=O)c2cc(-c3cccc(F)c3)no2)cc1. The first-order valence-corrected chi connectivity index (χ1v) is 8.68. The van der Waals surface area contributed by atoms with Crippen LogP contribution < -0.4 is 10.6 Å². The summed E-state index contributed by atoms with van der Waals surface area (Å²) < 4.78 is 18.4. The number of rotatable bonds is 4. The summed E-state index contributed by atoms with van der Waals surface area (Å²) in [5.41, 5.74) is 1.54. The fourth-order valence-electron chi connectivity index (χ4n) is 2.31. The Morgan fingerprint density at radius 2 is 1.61 bits per heavy atom. The van der Waals surface area contributed by atoms with Crippen LogP contribution in [-0.2, 0) is 4.79 Å². The highest BCUT2D eigenvalue weighted by Gasteiger charge is 2.21. The predicted molar refractivity (Wildman–Crippen MR) is 104 cm³/mol. The lowest BCUT2D eigenvalue weighted by Crippen LogP contribution is -2.27. The molecule has 6 nitrogen and oxygen atoms in total. The number of halogens is 1. The average molecular weight is 381 g/mol. The van der Waals surface area contributed by atoms with Crippen LogP contribution in [0.1, 0.15) is 31.3 Å². The van der Waals surface area contributed by atoms with Gasteiger partial charge >= 0.3 is 0 Å². The monoisotopic (exact) mass is 381 g/mol. The van der Waals surface area contributed by atoms with E-state index in [-0.39, 0.29) is 11.7 Å². The maximum absolute atomic E-state index is 13.3. The summed E-state index contributed by atoms with van der Waals surface area (Å²) >= 11 is 0. The third-order valence-electron chi connectivity index (χ3n) is 3.94. The molecule has 7 heteroatoms. The molecule has 0 aliphatic carbocycles. The Labute approximate surface area is 161 Å². The van der Waals surface area contributed by atoms with E-state index in [0.717, 1.165) is 0 Å². The minimum Gasteiger partial charge on any atom is -0.350 e. The summed E-state index contributed by atoms with van der Waals surface area (Å²) in [6.07, 6.45) is 0. The van der Waals surface area contributed by atoms with Crippen LogP contribution in [0.25, 0.3) is 11.3 Å². The molecule has 0 atom stereocenters. The smallest absolute Gasteiger partial charge is 0.294 e. The van der Waals surface area contributed by atoms with Gasteiger partial charge in [0.05, 0.1) is 0 Å². The van der Waals surface area contributed by atoms with Gasteiger partial charge in [-0.05, 0) is 36.4 Å². The molecular weight excluding hydrogens is 361 g/mol. The van der Waals surface area contributed by atoms with E-state index in [4.69, 9.17) is 4.52 Å². The molecule has 3 rings (SSSR count). The van der Waals surface area contributed by atoms with Gasteiger partial charge in [-0.1, -0.05) is 38.1 Å². The molecule has 3 aromatic rings. The quantitative estimate of drug-likeness (QED) is 0.685. The molecule has 2 N–H and O–H groups in total. The lowest BCUT2D eigenvalue weighted by molar-refractivity contribution is -0.123. The van der Waals surface area contributed by atoms with Crippen molar-refractivity contribution in [2.75, 3.05) is 10.6 Å². The van der Waals surface area contributed by atoms with Crippen molar-refractivity contribution in [3.8, 4) is 11.3 Å². The molecular formula is C21H20FN3O3. The number of nitrogens with one attached hydrogen (secondary N) is 2. The van der Waals surface area contributed by atoms with E-state index in [1.54, 1.807) is 36.4 Å². The van der Waals surface area contributed by atoms with Crippen molar-refractivity contribution in [1.82, 2.24) is 5.16 Å². The molecule has 2 amide bonds. The van der Waals surface area contributed by atoms with E-state index >= 15 is 0 Å². The van der Waals surface area contributed by atoms with Gasteiger partial charge < -0.3 is 15.2 Å². The summed E-state index contributed by atoms with van der Waals surface area (Å²) in [5.74, 6) is -0.980. The predicted octanol–water partition coefficient (Wildman–Crippen LogP) is 4.72. The van der Waals surface area contributed by atoms with Crippen molar-refractivity contribution in [2.24, 2.45) is 5.41 Å². The van der Waals surface area contributed by atoms with Gasteiger partial charge in [-0.25, -0.2) is 4.39 Å². The van der Waals surface area contributed by atoms with E-state index < -0.39 is 17.1 Å². The van der Waals surface area contributed by atoms with Gasteiger partial charge in [0.2, 0.25) is 11.7 Å². The number of hydrogen-bond acceptors (Lipinski definition) is 4. The number of amides is 2. The molecule has 2 aromatic carbocycles. The Morgan fingerprint density at radius 3 is 2.21 bits per heavy atom. The van der Waals surface area contributed by atoms with Gasteiger partial charge in [0, 0.05) is 28.4 Å². The van der Waals surface area contributed by atoms with Crippen LogP contribution in [0.4, 0.5) is 15.8 Å². The number of anilines is 2. The molecule has 0 aliphatic rings. The van der Waals surface area contributed by atoms with Crippen molar-refractivity contribution >= 4 is 23.2 Å². The molecule has 0 spiro atoms. The minimum atomic E-state index is -0.501. The number of carbonyl (C=O) groups excluding carboxylic acids is 2. The molecule has 0 saturated heterocycles. The van der Waals surface area contributed by atoms with Crippen LogP contribution in [0.15, 0.2) is 59.1 Å². The molecule has 0 radical (unpaired) electrons. The van der Waals surface area contributed by atoms with Crippen molar-refractivity contribution in [3.05, 3.63) is 66.2 Å². The lowest BCUT2D eigenvalue weighted by Gasteiger charge is -2.17. The summed E-state index contributed by atoms with van der Waals surface area (Å²) in [6.45, 7) is 5.48. The summed E-state index contributed by atoms with van der Waals surface area (Å²) in [6, 6.07) is 14.0. The van der Waals surface area contributed by atoms with Crippen molar-refractivity contribution in [2.45, 2.75) is 20.8 Å². The molecule has 1 heterocycles. The fraction of sp³-hybridized carbons (Fsp3) is 0.190. The molecule has 28 heavy (non-hydrogen) atoms. The van der Waals surface area contributed by atoms with Gasteiger partial charge in [-0.3, -0.25) is 9.59 Å². The molecule has 0 aliphatic heterocycles. The summed E-state index contributed by atoms with van der Waals surface area (Å²) in [4.78, 5) is 24.3. The lowest BCUT2D eigenvalue weighted by atomic mass is 9.95. The third kappa shape index (κ3) is 4.62. The first-order chi connectivity index (χ1) is 13.2. The van der Waals surface area contributed by atoms with Crippen molar-refractivity contribution in [3.63, 3.8) is 0 Å². The van der Waals surface area contributed by atoms with Crippen LogP contribution in [0.2, 0.25) is 0 Å². The normalized spacial score (nSPS) is 11.1. The average Bonchev–Trinajstić information content (AvgIpc) is 3.13. The Balaban J connectivity index is 1.66. The Hall–Kier alpha value is -3.48. The van der Waals surface area contributed by atoms with E-state index in [2.05, 4.69) is 15.8 Å². The zero-order valence-corrected chi connectivity index (χ0v) is 15.7. The zero-order chi connectivity index (χ0) is 20.3. The number of hydrogen-bond donors (Lipinski definition) is 2. The highest BCUT2D eigenvalue weighted by molar-refractivity contribution is 6.03. The first-order valence-electron chi connectivity index (χ1n) is 8.68. The summed E-state index contributed by atoms with van der Waals surface area (Å²) in [5, 5.41) is 9.31. The third-order valence-corrected chi connectivity index (χ3v) is 3.94. The second-order valence-electron chi connectivity index (χ2n) is 7.32. The van der Waals surface area contributed by atoms with E-state index in [1.165, 1.54) is 18.2 Å². The van der Waals surface area contributed by atoms with Gasteiger partial charge in [-0.15, -0.1) is 0 Å². The first kappa shape index (κ1) is 19.3. The van der Waals surface area contributed by atoms with Crippen LogP contribution in [0, 0.1) is 11.2 Å². The Morgan fingerprint density at radius 1 is 0.964 bits per heavy atom. The molecule has 0 unspecified atom stereocenters. The zero-order valence-electron chi connectivity index (χ0n) is 15.7. The van der Waals surface area contributed by atoms with Gasteiger partial charge in [0.25, 0.3) is 5.91 Å². The van der Waals surface area contributed by atoms with Crippen LogP contribution in [0.5, 0.6) is 0 Å². The minimum absolute atomic E-state index is 0.00405. The van der Waals surface area contributed by atoms with Crippen molar-refractivity contribution < 1.29 is 18.5 Å². The van der Waals surface area contributed by atoms with Crippen LogP contribution in [-0.4, -0.2) is 17.0 Å².